The maximum absolute atomic E-state index is 13.5. The summed E-state index contributed by atoms with van der Waals surface area (Å²) in [6.45, 7) is 6.64. The highest BCUT2D eigenvalue weighted by molar-refractivity contribution is 5.89. The van der Waals surface area contributed by atoms with Crippen molar-refractivity contribution in [1.82, 2.24) is 15.0 Å². The van der Waals surface area contributed by atoms with Gasteiger partial charge in [0.05, 0.1) is 54.0 Å². The summed E-state index contributed by atoms with van der Waals surface area (Å²) < 4.78 is 96.5. The fraction of sp³-hybridized carbons (Fsp3) is 0.484. The number of anilines is 1. The molecule has 1 aliphatic rings. The van der Waals surface area contributed by atoms with E-state index in [4.69, 9.17) is 19.9 Å². The predicted molar refractivity (Wildman–Crippen MR) is 161 cm³/mol. The van der Waals surface area contributed by atoms with E-state index in [0.717, 1.165) is 18.1 Å². The molecule has 2 atom stereocenters. The predicted octanol–water partition coefficient (Wildman–Crippen LogP) is 6.01. The highest BCUT2D eigenvalue weighted by Crippen LogP contribution is 2.45. The Morgan fingerprint density at radius 1 is 1.04 bits per heavy atom. The average Bonchev–Trinajstić information content (AvgIpc) is 3.03. The number of carboxylic acid groups (broad SMARTS) is 1. The maximum Gasteiger partial charge on any atom is 0.416 e. The Kier molecular flexibility index (Phi) is 12.6. The van der Waals surface area contributed by atoms with Gasteiger partial charge in [0.1, 0.15) is 18.1 Å². The number of fused-ring (bicyclic) bond motifs is 1. The van der Waals surface area contributed by atoms with Crippen molar-refractivity contribution in [3.63, 3.8) is 0 Å². The molecule has 3 aromatic rings. The molecule has 0 spiro atoms. The lowest BCUT2D eigenvalue weighted by molar-refractivity contribution is -0.143. The summed E-state index contributed by atoms with van der Waals surface area (Å²) in [5.41, 5.74) is 2.00. The van der Waals surface area contributed by atoms with Gasteiger partial charge in [-0.15, -0.1) is 0 Å². The van der Waals surface area contributed by atoms with Crippen molar-refractivity contribution in [2.75, 3.05) is 38.4 Å². The van der Waals surface area contributed by atoms with Crippen molar-refractivity contribution < 1.29 is 55.6 Å². The molecule has 48 heavy (non-hydrogen) atoms. The SMILES string of the molecule is CCOCC.CC[C@]1(N)C[C@H](c2ncc(OCCO)c(Cc3cc(C(F)(F)F)cc(C(F)(F)F)c3)n2)c2nc(OC)ccc2N1C(=O)O. The Bertz CT molecular complexity index is 1520. The van der Waals surface area contributed by atoms with Crippen molar-refractivity contribution >= 4 is 11.8 Å². The zero-order valence-electron chi connectivity index (χ0n) is 26.7. The Labute approximate surface area is 272 Å². The lowest BCUT2D eigenvalue weighted by Crippen LogP contribution is -2.61. The quantitative estimate of drug-likeness (QED) is 0.216. The van der Waals surface area contributed by atoms with Crippen LogP contribution in [0, 0.1) is 0 Å². The van der Waals surface area contributed by atoms with Crippen LogP contribution in [0.1, 0.15) is 73.4 Å². The molecule has 4 N–H and O–H groups in total. The van der Waals surface area contributed by atoms with Crippen LogP contribution in [0.25, 0.3) is 0 Å². The molecule has 0 radical (unpaired) electrons. The van der Waals surface area contributed by atoms with Gasteiger partial charge in [0.15, 0.2) is 5.75 Å². The first-order valence-electron chi connectivity index (χ1n) is 14.8. The molecule has 11 nitrogen and oxygen atoms in total. The van der Waals surface area contributed by atoms with E-state index in [9.17, 15) is 41.4 Å². The Hall–Kier alpha value is -4.22. The molecule has 0 fully saturated rings. The second-order valence-electron chi connectivity index (χ2n) is 10.6. The molecule has 1 aromatic carbocycles. The third-order valence-electron chi connectivity index (χ3n) is 7.40. The zero-order valence-corrected chi connectivity index (χ0v) is 26.7. The number of benzene rings is 1. The lowest BCUT2D eigenvalue weighted by Gasteiger charge is -2.45. The van der Waals surface area contributed by atoms with Gasteiger partial charge in [0.25, 0.3) is 0 Å². The van der Waals surface area contributed by atoms with Crippen LogP contribution < -0.4 is 20.1 Å². The molecule has 0 saturated carbocycles. The smallest absolute Gasteiger partial charge is 0.416 e. The van der Waals surface area contributed by atoms with Crippen LogP contribution in [0.5, 0.6) is 11.6 Å². The third kappa shape index (κ3) is 9.02. The number of amides is 1. The second kappa shape index (κ2) is 15.8. The first kappa shape index (κ1) is 38.2. The van der Waals surface area contributed by atoms with Gasteiger partial charge < -0.3 is 30.2 Å². The van der Waals surface area contributed by atoms with E-state index in [0.29, 0.717) is 12.1 Å². The highest BCUT2D eigenvalue weighted by Gasteiger charge is 2.47. The second-order valence-corrected chi connectivity index (χ2v) is 10.6. The number of aliphatic hydroxyl groups excluding tert-OH is 1. The number of methoxy groups -OCH3 is 1. The van der Waals surface area contributed by atoms with Crippen molar-refractivity contribution in [1.29, 1.82) is 0 Å². The summed E-state index contributed by atoms with van der Waals surface area (Å²) in [5.74, 6) is -0.782. The minimum Gasteiger partial charge on any atom is -0.488 e. The number of rotatable bonds is 10. The summed E-state index contributed by atoms with van der Waals surface area (Å²) in [4.78, 5) is 26.4. The number of alkyl halides is 6. The van der Waals surface area contributed by atoms with E-state index in [-0.39, 0.29) is 65.6 Å². The monoisotopic (exact) mass is 689 g/mol. The molecule has 0 bridgehead atoms. The minimum atomic E-state index is -5.06. The number of nitrogens with two attached hydrogens (primary N) is 1. The van der Waals surface area contributed by atoms with Gasteiger partial charge in [-0.05, 0) is 56.5 Å². The van der Waals surface area contributed by atoms with Crippen molar-refractivity contribution in [2.24, 2.45) is 5.73 Å². The first-order valence-corrected chi connectivity index (χ1v) is 14.8. The van der Waals surface area contributed by atoms with Crippen LogP contribution in [0.3, 0.4) is 0 Å². The molecular weight excluding hydrogens is 652 g/mol. The number of aromatic nitrogens is 3. The molecule has 2 aromatic heterocycles. The molecule has 264 valence electrons. The van der Waals surface area contributed by atoms with Crippen LogP contribution in [0.15, 0.2) is 36.5 Å². The van der Waals surface area contributed by atoms with E-state index in [1.807, 2.05) is 13.8 Å². The minimum absolute atomic E-state index is 0.0182. The molecule has 0 aliphatic carbocycles. The average molecular weight is 690 g/mol. The number of pyridine rings is 1. The highest BCUT2D eigenvalue weighted by atomic mass is 19.4. The molecule has 0 unspecified atom stereocenters. The standard InChI is InChI=1S/C27H27F6N5O5.C4H10O/c1-3-25(34)12-17(22-19(38(25)24(40)41)4-5-21(37-22)42-2)23-35-13-20(43-7-6-39)18(36-23)10-14-8-15(26(28,29)30)11-16(9-14)27(31,32)33;1-3-5-4-2/h4-5,8-9,11,13,17,39H,3,6-7,10,12,34H2,1-2H3,(H,40,41);3-4H2,1-2H3/t17-,25+;/m0./s1. The summed E-state index contributed by atoms with van der Waals surface area (Å²) in [6.07, 6.45) is -10.7. The Morgan fingerprint density at radius 2 is 1.67 bits per heavy atom. The van der Waals surface area contributed by atoms with Crippen LogP contribution >= 0.6 is 0 Å². The fourth-order valence-electron chi connectivity index (χ4n) is 5.11. The summed E-state index contributed by atoms with van der Waals surface area (Å²) in [5, 5.41) is 19.2. The number of aliphatic hydroxyl groups is 1. The van der Waals surface area contributed by atoms with E-state index < -0.39 is 54.2 Å². The molecular formula is C31H37F6N5O6. The van der Waals surface area contributed by atoms with Crippen LogP contribution in [0.2, 0.25) is 0 Å². The van der Waals surface area contributed by atoms with Crippen LogP contribution in [0.4, 0.5) is 36.8 Å². The molecule has 17 heteroatoms. The van der Waals surface area contributed by atoms with Crippen LogP contribution in [-0.4, -0.2) is 70.5 Å². The summed E-state index contributed by atoms with van der Waals surface area (Å²) in [7, 11) is 1.35. The van der Waals surface area contributed by atoms with Gasteiger partial charge in [-0.3, -0.25) is 4.90 Å². The molecule has 0 saturated heterocycles. The fourth-order valence-corrected chi connectivity index (χ4v) is 5.11. The molecule has 4 rings (SSSR count). The van der Waals surface area contributed by atoms with Gasteiger partial charge in [0, 0.05) is 25.7 Å². The summed E-state index contributed by atoms with van der Waals surface area (Å²) in [6, 6.07) is 4.09. The van der Waals surface area contributed by atoms with Crippen LogP contribution in [-0.2, 0) is 23.5 Å². The van der Waals surface area contributed by atoms with E-state index >= 15 is 0 Å². The third-order valence-corrected chi connectivity index (χ3v) is 7.40. The molecule has 1 aliphatic heterocycles. The maximum atomic E-state index is 13.5. The normalized spacial score (nSPS) is 17.7. The number of ether oxygens (including phenoxy) is 3. The van der Waals surface area contributed by atoms with Crippen molar-refractivity contribution in [3.8, 4) is 11.6 Å². The lowest BCUT2D eigenvalue weighted by atomic mass is 9.83. The number of hydrogen-bond donors (Lipinski definition) is 3. The van der Waals surface area contributed by atoms with Gasteiger partial charge in [-0.2, -0.15) is 26.3 Å². The number of hydrogen-bond acceptors (Lipinski definition) is 9. The topological polar surface area (TPSA) is 153 Å². The van der Waals surface area contributed by atoms with E-state index in [2.05, 4.69) is 15.0 Å². The summed E-state index contributed by atoms with van der Waals surface area (Å²) >= 11 is 0. The number of nitrogens with zero attached hydrogens (tertiary/aromatic N) is 4. The van der Waals surface area contributed by atoms with E-state index in [1.165, 1.54) is 25.4 Å². The van der Waals surface area contributed by atoms with Crippen molar-refractivity contribution in [2.45, 2.75) is 64.0 Å². The van der Waals surface area contributed by atoms with E-state index in [1.54, 1.807) is 6.92 Å². The number of halogens is 6. The Balaban J connectivity index is 0.00000116. The Morgan fingerprint density at radius 3 is 2.15 bits per heavy atom. The van der Waals surface area contributed by atoms with Gasteiger partial charge in [-0.25, -0.2) is 19.7 Å². The molecule has 1 amide bonds. The zero-order chi connectivity index (χ0) is 35.9. The van der Waals surface area contributed by atoms with Crippen molar-refractivity contribution in [3.05, 3.63) is 70.4 Å². The number of carbonyl (C=O) groups is 1. The van der Waals surface area contributed by atoms with Gasteiger partial charge in [0.2, 0.25) is 5.88 Å². The first-order chi connectivity index (χ1) is 22.5. The van der Waals surface area contributed by atoms with Gasteiger partial charge in [-0.1, -0.05) is 6.92 Å². The molecule has 3 heterocycles. The van der Waals surface area contributed by atoms with Gasteiger partial charge >= 0.3 is 18.4 Å². The largest absolute Gasteiger partial charge is 0.488 e.